The highest BCUT2D eigenvalue weighted by atomic mass is 16.8. The monoisotopic (exact) mass is 157 g/mol. The standard InChI is InChI=1S/C6H12BNO3/c1-4-9-7-8(1,2-5-10-7)3-6-11-7/h1-6H2. The molecule has 0 unspecified atom stereocenters. The molecule has 0 aromatic rings. The molecular formula is C6H12BNO3. The van der Waals surface area contributed by atoms with E-state index in [0.717, 1.165) is 43.8 Å². The van der Waals surface area contributed by atoms with Gasteiger partial charge in [-0.05, 0) is 0 Å². The van der Waals surface area contributed by atoms with E-state index in [2.05, 4.69) is 0 Å². The number of rotatable bonds is 0. The van der Waals surface area contributed by atoms with Crippen molar-refractivity contribution in [2.75, 3.05) is 39.5 Å². The van der Waals surface area contributed by atoms with E-state index in [1.807, 2.05) is 0 Å². The Morgan fingerprint density at radius 3 is 1.64 bits per heavy atom. The van der Waals surface area contributed by atoms with Gasteiger partial charge in [-0.2, -0.15) is 0 Å². The van der Waals surface area contributed by atoms with Crippen LogP contribution in [-0.4, -0.2) is 50.7 Å². The van der Waals surface area contributed by atoms with E-state index in [0.29, 0.717) is 0 Å². The first-order chi connectivity index (χ1) is 5.37. The van der Waals surface area contributed by atoms with Gasteiger partial charge in [0.25, 0.3) is 0 Å². The SMILES string of the molecule is C1C[N+]23CCO[B-]2(O1)OCC3. The first kappa shape index (κ1) is 6.42. The van der Waals surface area contributed by atoms with Gasteiger partial charge in [0.2, 0.25) is 0 Å². The number of nitrogens with zero attached hydrogens (tertiary/aromatic N) is 1. The van der Waals surface area contributed by atoms with Crippen molar-refractivity contribution in [3.63, 3.8) is 0 Å². The van der Waals surface area contributed by atoms with Crippen molar-refractivity contribution < 1.29 is 18.4 Å². The van der Waals surface area contributed by atoms with E-state index in [1.54, 1.807) is 0 Å². The highest BCUT2D eigenvalue weighted by Gasteiger charge is 2.64. The predicted octanol–water partition coefficient (Wildman–Crippen LogP) is -0.671. The minimum Gasteiger partial charge on any atom is -0.481 e. The molecule has 0 aromatic heterocycles. The lowest BCUT2D eigenvalue weighted by atomic mass is 9.94. The zero-order valence-corrected chi connectivity index (χ0v) is 6.49. The van der Waals surface area contributed by atoms with Gasteiger partial charge in [-0.25, -0.2) is 0 Å². The molecule has 3 heterocycles. The van der Waals surface area contributed by atoms with E-state index < -0.39 is 6.89 Å². The van der Waals surface area contributed by atoms with Gasteiger partial charge in [0.1, 0.15) is 0 Å². The normalized spacial score (nSPS) is 54.5. The first-order valence-corrected chi connectivity index (χ1v) is 4.28. The van der Waals surface area contributed by atoms with Crippen LogP contribution < -0.4 is 0 Å². The maximum absolute atomic E-state index is 5.57. The van der Waals surface area contributed by atoms with Crippen molar-refractivity contribution in [2.24, 2.45) is 0 Å². The molecule has 0 aromatic carbocycles. The van der Waals surface area contributed by atoms with Crippen LogP contribution in [0.2, 0.25) is 0 Å². The summed E-state index contributed by atoms with van der Waals surface area (Å²) in [5, 5.41) is 0. The molecule has 4 nitrogen and oxygen atoms in total. The van der Waals surface area contributed by atoms with Gasteiger partial charge in [-0.1, -0.05) is 0 Å². The maximum Gasteiger partial charge on any atom is 0.625 e. The van der Waals surface area contributed by atoms with E-state index in [1.165, 1.54) is 0 Å². The van der Waals surface area contributed by atoms with Crippen LogP contribution in [0.3, 0.4) is 0 Å². The molecule has 0 radical (unpaired) electrons. The summed E-state index contributed by atoms with van der Waals surface area (Å²) >= 11 is 0. The van der Waals surface area contributed by atoms with Gasteiger partial charge < -0.3 is 18.4 Å². The van der Waals surface area contributed by atoms with Crippen LogP contribution in [0.1, 0.15) is 0 Å². The van der Waals surface area contributed by atoms with Crippen LogP contribution in [0.15, 0.2) is 0 Å². The average Bonchev–Trinajstić information content (AvgIpc) is 2.40. The van der Waals surface area contributed by atoms with E-state index in [4.69, 9.17) is 14.0 Å². The molecule has 0 bridgehead atoms. The molecule has 0 aliphatic carbocycles. The third-order valence-corrected chi connectivity index (χ3v) is 3.27. The smallest absolute Gasteiger partial charge is 0.481 e. The topological polar surface area (TPSA) is 27.7 Å². The molecule has 0 atom stereocenters. The summed E-state index contributed by atoms with van der Waals surface area (Å²) in [6.07, 6.45) is 0. The van der Waals surface area contributed by atoms with Gasteiger partial charge in [0.05, 0.1) is 39.5 Å². The zero-order valence-electron chi connectivity index (χ0n) is 6.49. The molecule has 3 aliphatic rings. The summed E-state index contributed by atoms with van der Waals surface area (Å²) in [5.41, 5.74) is 0. The molecule has 3 aliphatic heterocycles. The van der Waals surface area contributed by atoms with Crippen LogP contribution in [0.4, 0.5) is 0 Å². The first-order valence-electron chi connectivity index (χ1n) is 4.28. The van der Waals surface area contributed by atoms with Gasteiger partial charge in [0, 0.05) is 0 Å². The Morgan fingerprint density at radius 2 is 1.27 bits per heavy atom. The van der Waals surface area contributed by atoms with Crippen molar-refractivity contribution in [2.45, 2.75) is 0 Å². The lowest BCUT2D eigenvalue weighted by Crippen LogP contribution is -2.59. The predicted molar refractivity (Wildman–Crippen MR) is 38.5 cm³/mol. The largest absolute Gasteiger partial charge is 0.625 e. The summed E-state index contributed by atoms with van der Waals surface area (Å²) in [6, 6.07) is 0. The van der Waals surface area contributed by atoms with Crippen LogP contribution in [0, 0.1) is 0 Å². The van der Waals surface area contributed by atoms with Gasteiger partial charge in [-0.15, -0.1) is 0 Å². The number of hydrogen-bond donors (Lipinski definition) is 0. The van der Waals surface area contributed by atoms with Gasteiger partial charge >= 0.3 is 6.89 Å². The highest BCUT2D eigenvalue weighted by Crippen LogP contribution is 2.38. The molecule has 3 saturated heterocycles. The molecule has 62 valence electrons. The number of hydrogen-bond acceptors (Lipinski definition) is 3. The lowest BCUT2D eigenvalue weighted by molar-refractivity contribution is -0.815. The quantitative estimate of drug-likeness (QED) is 0.436. The van der Waals surface area contributed by atoms with Crippen molar-refractivity contribution in [1.29, 1.82) is 0 Å². The molecule has 0 saturated carbocycles. The Hall–Kier alpha value is -0.0951. The lowest BCUT2D eigenvalue weighted by Gasteiger charge is -2.37. The summed E-state index contributed by atoms with van der Waals surface area (Å²) in [7, 11) is 0. The zero-order chi connectivity index (χ0) is 7.36. The van der Waals surface area contributed by atoms with E-state index in [9.17, 15) is 0 Å². The molecular weight excluding hydrogens is 145 g/mol. The third-order valence-electron chi connectivity index (χ3n) is 3.27. The third kappa shape index (κ3) is 0.572. The minimum absolute atomic E-state index is 0.806. The molecule has 0 N–H and O–H groups in total. The van der Waals surface area contributed by atoms with Gasteiger partial charge in [-0.3, -0.25) is 0 Å². The molecule has 3 fully saturated rings. The van der Waals surface area contributed by atoms with Crippen molar-refractivity contribution in [3.8, 4) is 0 Å². The van der Waals surface area contributed by atoms with E-state index >= 15 is 0 Å². The Labute approximate surface area is 65.6 Å². The van der Waals surface area contributed by atoms with Crippen molar-refractivity contribution in [1.82, 2.24) is 0 Å². The average molecular weight is 157 g/mol. The highest BCUT2D eigenvalue weighted by molar-refractivity contribution is 6.54. The second kappa shape index (κ2) is 1.80. The van der Waals surface area contributed by atoms with Crippen LogP contribution in [-0.2, 0) is 14.0 Å². The van der Waals surface area contributed by atoms with Crippen molar-refractivity contribution >= 4 is 6.89 Å². The Morgan fingerprint density at radius 1 is 0.818 bits per heavy atom. The van der Waals surface area contributed by atoms with E-state index in [-0.39, 0.29) is 0 Å². The van der Waals surface area contributed by atoms with Crippen LogP contribution in [0.25, 0.3) is 0 Å². The Kier molecular flexibility index (Phi) is 1.05. The summed E-state index contributed by atoms with van der Waals surface area (Å²) in [4.78, 5) is 0. The Bertz CT molecular complexity index is 151. The van der Waals surface area contributed by atoms with Gasteiger partial charge in [0.15, 0.2) is 0 Å². The molecule has 11 heavy (non-hydrogen) atoms. The second-order valence-electron chi connectivity index (χ2n) is 3.61. The summed E-state index contributed by atoms with van der Waals surface area (Å²) < 4.78 is 17.7. The fourth-order valence-corrected chi connectivity index (χ4v) is 2.58. The van der Waals surface area contributed by atoms with Crippen LogP contribution in [0.5, 0.6) is 0 Å². The molecule has 3 rings (SSSR count). The molecule has 0 spiro atoms. The van der Waals surface area contributed by atoms with Crippen LogP contribution >= 0.6 is 0 Å². The second-order valence-corrected chi connectivity index (χ2v) is 3.61. The minimum atomic E-state index is -1.33. The summed E-state index contributed by atoms with van der Waals surface area (Å²) in [6.45, 7) is 4.33. The fraction of sp³-hybridized carbons (Fsp3) is 1.00. The molecule has 5 heteroatoms. The fourth-order valence-electron chi connectivity index (χ4n) is 2.58. The number of quaternary nitrogens is 1. The van der Waals surface area contributed by atoms with Crippen molar-refractivity contribution in [3.05, 3.63) is 0 Å². The summed E-state index contributed by atoms with van der Waals surface area (Å²) in [5.74, 6) is 0. The Balaban J connectivity index is 2.06. The molecule has 0 amide bonds. The maximum atomic E-state index is 5.57.